The fourth-order valence-electron chi connectivity index (χ4n) is 0.972. The van der Waals surface area contributed by atoms with Gasteiger partial charge in [0.2, 0.25) is 6.29 Å². The first kappa shape index (κ1) is 8.99. The topological polar surface area (TPSA) is 72.8 Å². The van der Waals surface area contributed by atoms with Gasteiger partial charge in [0.15, 0.2) is 6.10 Å². The van der Waals surface area contributed by atoms with E-state index in [1.165, 1.54) is 6.92 Å². The van der Waals surface area contributed by atoms with Gasteiger partial charge in [0, 0.05) is 0 Å². The minimum Gasteiger partial charge on any atom is -0.481 e. The van der Waals surface area contributed by atoms with Gasteiger partial charge < -0.3 is 14.6 Å². The van der Waals surface area contributed by atoms with Crippen molar-refractivity contribution in [1.29, 1.82) is 0 Å². The number of hydrogen-bond donors (Lipinski definition) is 1. The van der Waals surface area contributed by atoms with Gasteiger partial charge in [0.1, 0.15) is 0 Å². The Morgan fingerprint density at radius 1 is 1.67 bits per heavy atom. The van der Waals surface area contributed by atoms with Crippen LogP contribution in [0.2, 0.25) is 0 Å². The number of carboxylic acid groups (broad SMARTS) is 1. The predicted molar refractivity (Wildman–Crippen MR) is 37.2 cm³/mol. The number of rotatable bonds is 2. The van der Waals surface area contributed by atoms with Gasteiger partial charge in [-0.3, -0.25) is 4.79 Å². The van der Waals surface area contributed by atoms with E-state index in [1.807, 2.05) is 0 Å². The number of aliphatic carboxylic acids is 1. The van der Waals surface area contributed by atoms with Crippen molar-refractivity contribution in [3.8, 4) is 0 Å². The van der Waals surface area contributed by atoms with Crippen molar-refractivity contribution in [2.24, 2.45) is 5.92 Å². The zero-order valence-corrected chi connectivity index (χ0v) is 6.81. The highest BCUT2D eigenvalue weighted by atomic mass is 16.7. The Balaban J connectivity index is 2.64. The van der Waals surface area contributed by atoms with E-state index in [-0.39, 0.29) is 0 Å². The molecule has 12 heavy (non-hydrogen) atoms. The molecule has 0 saturated carbocycles. The van der Waals surface area contributed by atoms with Crippen molar-refractivity contribution in [1.82, 2.24) is 0 Å². The molecule has 5 heteroatoms. The molecule has 0 aliphatic carbocycles. The first-order valence-corrected chi connectivity index (χ1v) is 3.61. The van der Waals surface area contributed by atoms with Gasteiger partial charge >= 0.3 is 11.9 Å². The molecule has 0 amide bonds. The average Bonchev–Trinajstić information content (AvgIpc) is 2.28. The molecule has 5 nitrogen and oxygen atoms in total. The first-order chi connectivity index (χ1) is 5.52. The lowest BCUT2D eigenvalue weighted by Gasteiger charge is -2.09. The highest BCUT2D eigenvalue weighted by molar-refractivity contribution is 5.83. The van der Waals surface area contributed by atoms with Crippen LogP contribution in [0, 0.1) is 5.92 Å². The number of ether oxygens (including phenoxy) is 2. The third-order valence-corrected chi connectivity index (χ3v) is 1.70. The molecule has 0 aromatic rings. The Bertz CT molecular complexity index is 212. The van der Waals surface area contributed by atoms with E-state index in [0.29, 0.717) is 0 Å². The summed E-state index contributed by atoms with van der Waals surface area (Å²) in [5.74, 6) is -2.52. The number of cyclic esters (lactones) is 1. The normalized spacial score (nSPS) is 31.3. The van der Waals surface area contributed by atoms with Crippen LogP contribution < -0.4 is 0 Å². The van der Waals surface area contributed by atoms with E-state index in [0.717, 1.165) is 0 Å². The number of carboxylic acids is 1. The standard InChI is InChI=1S/C7H10O5/c1-3(6(8)9)5-7(10)12-4(2)11-5/h3-5H,1-2H3,(H,8,9)/t3-,4?,5+/m0/s1. The molecule has 0 spiro atoms. The van der Waals surface area contributed by atoms with Crippen molar-refractivity contribution in [2.45, 2.75) is 26.2 Å². The molecule has 1 heterocycles. The summed E-state index contributed by atoms with van der Waals surface area (Å²) in [6, 6.07) is 0. The van der Waals surface area contributed by atoms with Crippen molar-refractivity contribution in [3.05, 3.63) is 0 Å². The third-order valence-electron chi connectivity index (χ3n) is 1.70. The second-order valence-corrected chi connectivity index (χ2v) is 2.69. The summed E-state index contributed by atoms with van der Waals surface area (Å²) >= 11 is 0. The van der Waals surface area contributed by atoms with Crippen LogP contribution in [0.5, 0.6) is 0 Å². The summed E-state index contributed by atoms with van der Waals surface area (Å²) in [7, 11) is 0. The molecular weight excluding hydrogens is 164 g/mol. The van der Waals surface area contributed by atoms with Crippen LogP contribution in [0.25, 0.3) is 0 Å². The van der Waals surface area contributed by atoms with Crippen LogP contribution in [0.1, 0.15) is 13.8 Å². The number of esters is 1. The molecule has 0 radical (unpaired) electrons. The maximum atomic E-state index is 10.9. The summed E-state index contributed by atoms with van der Waals surface area (Å²) in [6.07, 6.45) is -1.60. The van der Waals surface area contributed by atoms with Crippen molar-refractivity contribution < 1.29 is 24.2 Å². The zero-order valence-electron chi connectivity index (χ0n) is 6.81. The van der Waals surface area contributed by atoms with Crippen LogP contribution in [-0.4, -0.2) is 29.4 Å². The molecule has 1 unspecified atom stereocenters. The second-order valence-electron chi connectivity index (χ2n) is 2.69. The van der Waals surface area contributed by atoms with Gasteiger partial charge in [-0.25, -0.2) is 4.79 Å². The number of hydrogen-bond acceptors (Lipinski definition) is 4. The first-order valence-electron chi connectivity index (χ1n) is 3.61. The van der Waals surface area contributed by atoms with Gasteiger partial charge in [-0.1, -0.05) is 0 Å². The molecular formula is C7H10O5. The predicted octanol–water partition coefficient (Wildman–Crippen LogP) is -0.00490. The molecule has 0 bridgehead atoms. The second kappa shape index (κ2) is 3.10. The minimum atomic E-state index is -1.06. The Morgan fingerprint density at radius 3 is 2.58 bits per heavy atom. The Hall–Kier alpha value is -1.10. The molecule has 1 saturated heterocycles. The largest absolute Gasteiger partial charge is 0.481 e. The highest BCUT2D eigenvalue weighted by Crippen LogP contribution is 2.19. The average molecular weight is 174 g/mol. The summed E-state index contributed by atoms with van der Waals surface area (Å²) in [4.78, 5) is 21.4. The lowest BCUT2D eigenvalue weighted by atomic mass is 10.1. The summed E-state index contributed by atoms with van der Waals surface area (Å²) in [5, 5.41) is 8.56. The van der Waals surface area contributed by atoms with Crippen LogP contribution >= 0.6 is 0 Å². The Morgan fingerprint density at radius 2 is 2.25 bits per heavy atom. The van der Waals surface area contributed by atoms with E-state index in [1.54, 1.807) is 6.92 Å². The monoisotopic (exact) mass is 174 g/mol. The van der Waals surface area contributed by atoms with Crippen LogP contribution in [0.15, 0.2) is 0 Å². The van der Waals surface area contributed by atoms with E-state index >= 15 is 0 Å². The minimum absolute atomic E-state index is 0.600. The molecule has 1 fully saturated rings. The summed E-state index contributed by atoms with van der Waals surface area (Å²) < 4.78 is 9.56. The third kappa shape index (κ3) is 1.55. The quantitative estimate of drug-likeness (QED) is 0.596. The number of carbonyl (C=O) groups is 2. The summed E-state index contributed by atoms with van der Waals surface area (Å²) in [6.45, 7) is 2.96. The molecule has 68 valence electrons. The fourth-order valence-corrected chi connectivity index (χ4v) is 0.972. The van der Waals surface area contributed by atoms with Gasteiger partial charge in [-0.2, -0.15) is 0 Å². The van der Waals surface area contributed by atoms with Crippen LogP contribution in [-0.2, 0) is 19.1 Å². The van der Waals surface area contributed by atoms with Crippen LogP contribution in [0.4, 0.5) is 0 Å². The fraction of sp³-hybridized carbons (Fsp3) is 0.714. The van der Waals surface area contributed by atoms with E-state index < -0.39 is 30.3 Å². The van der Waals surface area contributed by atoms with E-state index in [2.05, 4.69) is 4.74 Å². The van der Waals surface area contributed by atoms with Crippen molar-refractivity contribution >= 4 is 11.9 Å². The Labute approximate surface area is 69.3 Å². The summed E-state index contributed by atoms with van der Waals surface area (Å²) in [5.41, 5.74) is 0. The molecule has 1 aliphatic rings. The number of carbonyl (C=O) groups excluding carboxylic acids is 1. The molecule has 1 rings (SSSR count). The lowest BCUT2D eigenvalue weighted by Crippen LogP contribution is -2.30. The molecule has 1 aliphatic heterocycles. The lowest BCUT2D eigenvalue weighted by molar-refractivity contribution is -0.150. The SMILES string of the molecule is CC1OC(=O)[C@@H]([C@H](C)C(=O)O)O1. The molecule has 1 N–H and O–H groups in total. The zero-order chi connectivity index (χ0) is 9.30. The maximum Gasteiger partial charge on any atom is 0.338 e. The van der Waals surface area contributed by atoms with Gasteiger partial charge in [-0.15, -0.1) is 0 Å². The molecule has 0 aromatic carbocycles. The van der Waals surface area contributed by atoms with Gasteiger partial charge in [0.25, 0.3) is 0 Å². The molecule has 0 aromatic heterocycles. The van der Waals surface area contributed by atoms with Crippen LogP contribution in [0.3, 0.4) is 0 Å². The van der Waals surface area contributed by atoms with Crippen molar-refractivity contribution in [2.75, 3.05) is 0 Å². The Kier molecular flexibility index (Phi) is 2.32. The molecule has 3 atom stereocenters. The maximum absolute atomic E-state index is 10.9. The highest BCUT2D eigenvalue weighted by Gasteiger charge is 2.39. The van der Waals surface area contributed by atoms with Crippen molar-refractivity contribution in [3.63, 3.8) is 0 Å². The smallest absolute Gasteiger partial charge is 0.338 e. The van der Waals surface area contributed by atoms with E-state index in [4.69, 9.17) is 9.84 Å². The van der Waals surface area contributed by atoms with Gasteiger partial charge in [-0.05, 0) is 13.8 Å². The van der Waals surface area contributed by atoms with E-state index in [9.17, 15) is 9.59 Å². The van der Waals surface area contributed by atoms with Gasteiger partial charge in [0.05, 0.1) is 5.92 Å².